The molecule has 0 fully saturated rings. The van der Waals surface area contributed by atoms with Crippen molar-refractivity contribution < 1.29 is 14.6 Å². The van der Waals surface area contributed by atoms with Crippen LogP contribution in [0, 0.1) is 0 Å². The minimum atomic E-state index is -1.31. The lowest BCUT2D eigenvalue weighted by Gasteiger charge is -1.91. The summed E-state index contributed by atoms with van der Waals surface area (Å²) in [7, 11) is 0. The van der Waals surface area contributed by atoms with Crippen molar-refractivity contribution in [3.63, 3.8) is 0 Å². The van der Waals surface area contributed by atoms with E-state index in [9.17, 15) is 4.79 Å². The molecule has 0 amide bonds. The summed E-state index contributed by atoms with van der Waals surface area (Å²) in [5.74, 6) is 0.188. The van der Waals surface area contributed by atoms with Gasteiger partial charge >= 0.3 is 6.16 Å². The van der Waals surface area contributed by atoms with Crippen LogP contribution in [0.2, 0.25) is 0 Å². The molecular formula is C7H14O3. The minimum Gasteiger partial charge on any atom is -0.449 e. The Morgan fingerprint density at radius 3 is 1.90 bits per heavy atom. The van der Waals surface area contributed by atoms with Gasteiger partial charge in [-0.3, -0.25) is 0 Å². The van der Waals surface area contributed by atoms with E-state index in [1.807, 2.05) is 0 Å². The number of hydrogen-bond acceptors (Lipinski definition) is 2. The maximum absolute atomic E-state index is 9.53. The first-order chi connectivity index (χ1) is 4.54. The molecule has 0 aliphatic carbocycles. The number of allylic oxidation sites excluding steroid dienone is 1. The second kappa shape index (κ2) is 8.01. The van der Waals surface area contributed by atoms with Gasteiger partial charge in [-0.1, -0.05) is 26.8 Å². The maximum atomic E-state index is 9.53. The third kappa shape index (κ3) is 27.9. The zero-order valence-electron chi connectivity index (χ0n) is 6.68. The molecule has 60 valence electrons. The van der Waals surface area contributed by atoms with Gasteiger partial charge in [0, 0.05) is 0 Å². The van der Waals surface area contributed by atoms with E-state index in [0.717, 1.165) is 0 Å². The Morgan fingerprint density at radius 1 is 1.60 bits per heavy atom. The normalized spacial score (nSPS) is 7.10. The molecule has 0 aliphatic heterocycles. The summed E-state index contributed by atoms with van der Waals surface area (Å²) in [5, 5.41) is 7.80. The van der Waals surface area contributed by atoms with E-state index in [0.29, 0.717) is 0 Å². The average molecular weight is 146 g/mol. The predicted octanol–water partition coefficient (Wildman–Crippen LogP) is 2.63. The van der Waals surface area contributed by atoms with Gasteiger partial charge in [0.1, 0.15) is 5.76 Å². The zero-order chi connectivity index (χ0) is 8.57. The maximum Gasteiger partial charge on any atom is 0.510 e. The van der Waals surface area contributed by atoms with Crippen LogP contribution in [-0.2, 0) is 4.74 Å². The molecule has 1 N–H and O–H groups in total. The van der Waals surface area contributed by atoms with Gasteiger partial charge in [0.2, 0.25) is 0 Å². The number of ether oxygens (including phenoxy) is 1. The summed E-state index contributed by atoms with van der Waals surface area (Å²) in [6.07, 6.45) is -0.0625. The van der Waals surface area contributed by atoms with Gasteiger partial charge in [-0.15, -0.1) is 0 Å². The van der Waals surface area contributed by atoms with Gasteiger partial charge in [0.05, 0.1) is 0 Å². The Bertz CT molecular complexity index is 95.4. The van der Waals surface area contributed by atoms with Crippen molar-refractivity contribution in [2.75, 3.05) is 0 Å². The largest absolute Gasteiger partial charge is 0.510 e. The van der Waals surface area contributed by atoms with Gasteiger partial charge in [-0.05, 0) is 6.92 Å². The molecule has 0 aromatic heterocycles. The third-order valence-electron chi connectivity index (χ3n) is 0.262. The minimum absolute atomic E-state index is 0.188. The summed E-state index contributed by atoms with van der Waals surface area (Å²) in [6.45, 7) is 8.91. The lowest BCUT2D eigenvalue weighted by Crippen LogP contribution is -1.95. The Balaban J connectivity index is 0. The summed E-state index contributed by atoms with van der Waals surface area (Å²) in [6, 6.07) is 0. The van der Waals surface area contributed by atoms with Gasteiger partial charge in [-0.2, -0.15) is 0 Å². The van der Waals surface area contributed by atoms with Crippen LogP contribution in [0.3, 0.4) is 0 Å². The van der Waals surface area contributed by atoms with Crippen LogP contribution >= 0.6 is 0 Å². The molecule has 10 heavy (non-hydrogen) atoms. The molecule has 0 heterocycles. The summed E-state index contributed by atoms with van der Waals surface area (Å²) >= 11 is 0. The highest BCUT2D eigenvalue weighted by molar-refractivity contribution is 5.58. The quantitative estimate of drug-likeness (QED) is 0.457. The number of rotatable bonds is 1. The first-order valence-corrected chi connectivity index (χ1v) is 3.10. The lowest BCUT2D eigenvalue weighted by atomic mass is 10.6. The molecule has 3 heteroatoms. The molecule has 0 aromatic rings. The SMILES string of the molecule is C=C(C)OC(=O)O.CCC. The number of hydrogen-bond donors (Lipinski definition) is 1. The van der Waals surface area contributed by atoms with E-state index in [2.05, 4.69) is 25.2 Å². The second-order valence-electron chi connectivity index (χ2n) is 1.78. The first kappa shape index (κ1) is 11.8. The van der Waals surface area contributed by atoms with Crippen LogP contribution in [0.15, 0.2) is 12.3 Å². The fourth-order valence-corrected chi connectivity index (χ4v) is 0.149. The summed E-state index contributed by atoms with van der Waals surface area (Å²) in [5.41, 5.74) is 0. The highest BCUT2D eigenvalue weighted by Gasteiger charge is 1.92. The molecule has 0 saturated carbocycles. The Hall–Kier alpha value is -0.990. The summed E-state index contributed by atoms with van der Waals surface area (Å²) < 4.78 is 3.97. The monoisotopic (exact) mass is 146 g/mol. The molecule has 0 bridgehead atoms. The topological polar surface area (TPSA) is 46.5 Å². The van der Waals surface area contributed by atoms with Crippen LogP contribution in [0.4, 0.5) is 4.79 Å². The molecular weight excluding hydrogens is 132 g/mol. The van der Waals surface area contributed by atoms with Gasteiger partial charge < -0.3 is 9.84 Å². The molecule has 3 nitrogen and oxygen atoms in total. The van der Waals surface area contributed by atoms with Crippen molar-refractivity contribution in [2.45, 2.75) is 27.2 Å². The standard InChI is InChI=1S/C4H6O3.C3H8/c1-3(2)7-4(5)6;1-3-2/h1H2,2H3,(H,5,6);3H2,1-2H3. The molecule has 0 unspecified atom stereocenters. The van der Waals surface area contributed by atoms with E-state index in [1.165, 1.54) is 13.3 Å². The van der Waals surface area contributed by atoms with E-state index >= 15 is 0 Å². The predicted molar refractivity (Wildman–Crippen MR) is 39.9 cm³/mol. The van der Waals surface area contributed by atoms with E-state index in [-0.39, 0.29) is 5.76 Å². The van der Waals surface area contributed by atoms with E-state index in [1.54, 1.807) is 0 Å². The smallest absolute Gasteiger partial charge is 0.449 e. The van der Waals surface area contributed by atoms with Crippen LogP contribution in [0.1, 0.15) is 27.2 Å². The van der Waals surface area contributed by atoms with Crippen LogP contribution < -0.4 is 0 Å². The van der Waals surface area contributed by atoms with Crippen molar-refractivity contribution in [2.24, 2.45) is 0 Å². The van der Waals surface area contributed by atoms with Gasteiger partial charge in [-0.25, -0.2) is 4.79 Å². The van der Waals surface area contributed by atoms with Crippen molar-refractivity contribution in [1.82, 2.24) is 0 Å². The lowest BCUT2D eigenvalue weighted by molar-refractivity contribution is 0.119. The van der Waals surface area contributed by atoms with Crippen LogP contribution in [0.25, 0.3) is 0 Å². The average Bonchev–Trinajstić information content (AvgIpc) is 1.62. The van der Waals surface area contributed by atoms with Gasteiger partial charge in [0.15, 0.2) is 0 Å². The van der Waals surface area contributed by atoms with Crippen LogP contribution in [-0.4, -0.2) is 11.3 Å². The second-order valence-corrected chi connectivity index (χ2v) is 1.78. The van der Waals surface area contributed by atoms with E-state index in [4.69, 9.17) is 5.11 Å². The number of carbonyl (C=O) groups is 1. The fraction of sp³-hybridized carbons (Fsp3) is 0.571. The molecule has 0 aliphatic rings. The highest BCUT2D eigenvalue weighted by atomic mass is 16.7. The molecule has 0 spiro atoms. The van der Waals surface area contributed by atoms with Crippen molar-refractivity contribution in [3.05, 3.63) is 12.3 Å². The molecule has 0 aromatic carbocycles. The first-order valence-electron chi connectivity index (χ1n) is 3.10. The van der Waals surface area contributed by atoms with Crippen molar-refractivity contribution in [3.8, 4) is 0 Å². The highest BCUT2D eigenvalue weighted by Crippen LogP contribution is 1.87. The molecule has 0 atom stereocenters. The zero-order valence-corrected chi connectivity index (χ0v) is 6.68. The molecule has 0 rings (SSSR count). The number of carboxylic acid groups (broad SMARTS) is 1. The molecule has 0 radical (unpaired) electrons. The van der Waals surface area contributed by atoms with Gasteiger partial charge in [0.25, 0.3) is 0 Å². The third-order valence-corrected chi connectivity index (χ3v) is 0.262. The molecule has 0 saturated heterocycles. The Kier molecular flexibility index (Phi) is 9.42. The fourth-order valence-electron chi connectivity index (χ4n) is 0.149. The van der Waals surface area contributed by atoms with Crippen molar-refractivity contribution in [1.29, 1.82) is 0 Å². The van der Waals surface area contributed by atoms with E-state index < -0.39 is 6.16 Å². The Labute approximate surface area is 61.3 Å². The van der Waals surface area contributed by atoms with Crippen LogP contribution in [0.5, 0.6) is 0 Å². The Morgan fingerprint density at radius 2 is 1.90 bits per heavy atom. The summed E-state index contributed by atoms with van der Waals surface area (Å²) in [4.78, 5) is 9.53. The van der Waals surface area contributed by atoms with Crippen molar-refractivity contribution >= 4 is 6.16 Å².